The third-order valence-corrected chi connectivity index (χ3v) is 3.73. The molecule has 0 unspecified atom stereocenters. The Hall–Kier alpha value is -2.20. The monoisotopic (exact) mass is 319 g/mol. The van der Waals surface area contributed by atoms with Gasteiger partial charge in [0, 0.05) is 16.8 Å². The van der Waals surface area contributed by atoms with Crippen molar-refractivity contribution >= 4 is 28.9 Å². The standard InChI is InChI=1S/C17H12ClF2NO/c1-11-2-8-14(9-3-11)21-15(10-17(19,20)16(21)22)12-4-6-13(18)7-5-12/h2-10H,1H3. The van der Waals surface area contributed by atoms with Crippen LogP contribution in [0.4, 0.5) is 14.5 Å². The van der Waals surface area contributed by atoms with Gasteiger partial charge in [-0.25, -0.2) is 0 Å². The largest absolute Gasteiger partial charge is 0.346 e. The molecule has 0 saturated heterocycles. The molecular formula is C17H12ClF2NO. The number of carbonyl (C=O) groups excluding carboxylic acids is 1. The number of alkyl halides is 2. The van der Waals surface area contributed by atoms with Gasteiger partial charge in [-0.15, -0.1) is 0 Å². The van der Waals surface area contributed by atoms with E-state index >= 15 is 0 Å². The van der Waals surface area contributed by atoms with Crippen LogP contribution in [0, 0.1) is 6.92 Å². The van der Waals surface area contributed by atoms with Crippen LogP contribution in [0.5, 0.6) is 0 Å². The van der Waals surface area contributed by atoms with E-state index in [0.29, 0.717) is 22.3 Å². The molecule has 112 valence electrons. The van der Waals surface area contributed by atoms with E-state index in [0.717, 1.165) is 10.5 Å². The quantitative estimate of drug-likeness (QED) is 0.787. The first-order chi connectivity index (χ1) is 10.4. The normalized spacial score (nSPS) is 16.8. The van der Waals surface area contributed by atoms with Crippen LogP contribution in [0.25, 0.3) is 5.70 Å². The minimum absolute atomic E-state index is 0.163. The maximum atomic E-state index is 13.9. The Morgan fingerprint density at radius 1 is 1.00 bits per heavy atom. The molecule has 1 amide bonds. The first-order valence-corrected chi connectivity index (χ1v) is 7.04. The second-order valence-electron chi connectivity index (χ2n) is 5.14. The van der Waals surface area contributed by atoms with Crippen LogP contribution in [0.2, 0.25) is 5.02 Å². The lowest BCUT2D eigenvalue weighted by molar-refractivity contribution is -0.134. The molecule has 0 fully saturated rings. The van der Waals surface area contributed by atoms with Crippen LogP contribution in [-0.2, 0) is 4.79 Å². The highest BCUT2D eigenvalue weighted by molar-refractivity contribution is 6.30. The second kappa shape index (κ2) is 5.21. The Labute approximate surface area is 131 Å². The molecule has 1 aliphatic rings. The third-order valence-electron chi connectivity index (χ3n) is 3.48. The Morgan fingerprint density at radius 3 is 2.18 bits per heavy atom. The van der Waals surface area contributed by atoms with Crippen LogP contribution < -0.4 is 4.90 Å². The fourth-order valence-corrected chi connectivity index (χ4v) is 2.47. The summed E-state index contributed by atoms with van der Waals surface area (Å²) in [7, 11) is 0. The van der Waals surface area contributed by atoms with Crippen molar-refractivity contribution in [3.63, 3.8) is 0 Å². The highest BCUT2D eigenvalue weighted by Gasteiger charge is 2.48. The third kappa shape index (κ3) is 2.50. The summed E-state index contributed by atoms with van der Waals surface area (Å²) in [5, 5.41) is 0.502. The Kier molecular flexibility index (Phi) is 3.49. The van der Waals surface area contributed by atoms with Gasteiger partial charge in [0.05, 0.1) is 5.70 Å². The van der Waals surface area contributed by atoms with Gasteiger partial charge in [0.2, 0.25) is 0 Å². The maximum absolute atomic E-state index is 13.9. The van der Waals surface area contributed by atoms with Crippen molar-refractivity contribution in [2.24, 2.45) is 0 Å². The molecule has 0 saturated carbocycles. The molecule has 0 bridgehead atoms. The van der Waals surface area contributed by atoms with Crippen molar-refractivity contribution in [1.29, 1.82) is 0 Å². The molecule has 0 aromatic heterocycles. The van der Waals surface area contributed by atoms with Gasteiger partial charge in [-0.05, 0) is 36.8 Å². The van der Waals surface area contributed by atoms with Gasteiger partial charge in [-0.3, -0.25) is 9.69 Å². The molecular weight excluding hydrogens is 308 g/mol. The molecule has 22 heavy (non-hydrogen) atoms. The number of carbonyl (C=O) groups is 1. The van der Waals surface area contributed by atoms with Crippen LogP contribution in [-0.4, -0.2) is 11.8 Å². The molecule has 1 aliphatic heterocycles. The zero-order chi connectivity index (χ0) is 15.9. The summed E-state index contributed by atoms with van der Waals surface area (Å²) in [5.74, 6) is -4.76. The summed E-state index contributed by atoms with van der Waals surface area (Å²) < 4.78 is 27.7. The molecule has 0 aliphatic carbocycles. The molecule has 2 aromatic rings. The average Bonchev–Trinajstić information content (AvgIpc) is 2.72. The molecule has 3 rings (SSSR count). The fraction of sp³-hybridized carbons (Fsp3) is 0.118. The summed E-state index contributed by atoms with van der Waals surface area (Å²) in [6.45, 7) is 1.89. The molecule has 0 radical (unpaired) electrons. The Bertz CT molecular complexity index is 751. The van der Waals surface area contributed by atoms with Gasteiger partial charge < -0.3 is 0 Å². The number of anilines is 1. The number of amides is 1. The number of benzene rings is 2. The van der Waals surface area contributed by atoms with Crippen LogP contribution in [0.3, 0.4) is 0 Å². The molecule has 2 nitrogen and oxygen atoms in total. The molecule has 0 N–H and O–H groups in total. The summed E-state index contributed by atoms with van der Waals surface area (Å²) in [6, 6.07) is 13.3. The van der Waals surface area contributed by atoms with E-state index < -0.39 is 11.8 Å². The van der Waals surface area contributed by atoms with Crippen LogP contribution in [0.1, 0.15) is 11.1 Å². The summed E-state index contributed by atoms with van der Waals surface area (Å²) in [6.07, 6.45) is 0.693. The number of halogens is 3. The number of hydrogen-bond donors (Lipinski definition) is 0. The number of hydrogen-bond acceptors (Lipinski definition) is 1. The van der Waals surface area contributed by atoms with Crippen molar-refractivity contribution in [2.75, 3.05) is 4.90 Å². The van der Waals surface area contributed by atoms with E-state index in [-0.39, 0.29) is 5.70 Å². The SMILES string of the molecule is Cc1ccc(N2C(=O)C(F)(F)C=C2c2ccc(Cl)cc2)cc1. The first kappa shape index (κ1) is 14.7. The van der Waals surface area contributed by atoms with Gasteiger partial charge >= 0.3 is 11.8 Å². The minimum Gasteiger partial charge on any atom is -0.275 e. The predicted octanol–water partition coefficient (Wildman–Crippen LogP) is 4.67. The van der Waals surface area contributed by atoms with E-state index in [1.54, 1.807) is 48.5 Å². The van der Waals surface area contributed by atoms with Crippen molar-refractivity contribution in [2.45, 2.75) is 12.8 Å². The van der Waals surface area contributed by atoms with Gasteiger partial charge in [0.15, 0.2) is 0 Å². The van der Waals surface area contributed by atoms with Crippen LogP contribution in [0.15, 0.2) is 54.6 Å². The Morgan fingerprint density at radius 2 is 1.59 bits per heavy atom. The summed E-state index contributed by atoms with van der Waals surface area (Å²) in [4.78, 5) is 13.1. The molecule has 0 spiro atoms. The summed E-state index contributed by atoms with van der Waals surface area (Å²) in [5.41, 5.74) is 2.07. The number of rotatable bonds is 2. The summed E-state index contributed by atoms with van der Waals surface area (Å²) >= 11 is 5.83. The lowest BCUT2D eigenvalue weighted by atomic mass is 10.1. The van der Waals surface area contributed by atoms with Gasteiger partial charge in [0.25, 0.3) is 0 Å². The van der Waals surface area contributed by atoms with E-state index in [4.69, 9.17) is 11.6 Å². The lowest BCUT2D eigenvalue weighted by Crippen LogP contribution is -2.34. The number of nitrogens with zero attached hydrogens (tertiary/aromatic N) is 1. The zero-order valence-electron chi connectivity index (χ0n) is 11.7. The highest BCUT2D eigenvalue weighted by atomic mass is 35.5. The minimum atomic E-state index is -3.51. The van der Waals surface area contributed by atoms with Gasteiger partial charge in [-0.1, -0.05) is 41.4 Å². The highest BCUT2D eigenvalue weighted by Crippen LogP contribution is 2.39. The second-order valence-corrected chi connectivity index (χ2v) is 5.57. The van der Waals surface area contributed by atoms with E-state index in [1.165, 1.54) is 0 Å². The number of aryl methyl sites for hydroxylation is 1. The predicted molar refractivity (Wildman–Crippen MR) is 83.0 cm³/mol. The first-order valence-electron chi connectivity index (χ1n) is 6.66. The Balaban J connectivity index is 2.10. The zero-order valence-corrected chi connectivity index (χ0v) is 12.4. The molecule has 5 heteroatoms. The van der Waals surface area contributed by atoms with Gasteiger partial charge in [-0.2, -0.15) is 8.78 Å². The van der Waals surface area contributed by atoms with E-state index in [2.05, 4.69) is 0 Å². The molecule has 0 atom stereocenters. The smallest absolute Gasteiger partial charge is 0.275 e. The van der Waals surface area contributed by atoms with Crippen molar-refractivity contribution in [1.82, 2.24) is 0 Å². The topological polar surface area (TPSA) is 20.3 Å². The van der Waals surface area contributed by atoms with Crippen molar-refractivity contribution < 1.29 is 13.6 Å². The van der Waals surface area contributed by atoms with E-state index in [9.17, 15) is 13.6 Å². The molecule has 2 aromatic carbocycles. The van der Waals surface area contributed by atoms with Gasteiger partial charge in [0.1, 0.15) is 0 Å². The average molecular weight is 320 g/mol. The maximum Gasteiger partial charge on any atom is 0.346 e. The van der Waals surface area contributed by atoms with E-state index in [1.807, 2.05) is 6.92 Å². The fourth-order valence-electron chi connectivity index (χ4n) is 2.34. The van der Waals surface area contributed by atoms with Crippen LogP contribution >= 0.6 is 11.6 Å². The van der Waals surface area contributed by atoms with Crippen molar-refractivity contribution in [3.8, 4) is 0 Å². The lowest BCUT2D eigenvalue weighted by Gasteiger charge is -2.21. The molecule has 1 heterocycles. The van der Waals surface area contributed by atoms with Crippen molar-refractivity contribution in [3.05, 3.63) is 70.8 Å².